The second kappa shape index (κ2) is 9.92. The Hall–Kier alpha value is -4.65. The molecule has 0 spiro atoms. The number of aromatic nitrogens is 2. The Morgan fingerprint density at radius 1 is 1.17 bits per heavy atom. The van der Waals surface area contributed by atoms with Crippen molar-refractivity contribution in [3.8, 4) is 11.8 Å². The molecule has 3 aromatic rings. The molecular weight excluding hydrogens is 458 g/mol. The van der Waals surface area contributed by atoms with Crippen molar-refractivity contribution in [1.82, 2.24) is 25.3 Å². The Balaban J connectivity index is 1.33. The predicted molar refractivity (Wildman–Crippen MR) is 133 cm³/mol. The molecule has 2 heterocycles. The van der Waals surface area contributed by atoms with Crippen LogP contribution >= 0.6 is 0 Å². The van der Waals surface area contributed by atoms with Crippen LogP contribution in [0.4, 0.5) is 10.6 Å². The van der Waals surface area contributed by atoms with Gasteiger partial charge in [-0.05, 0) is 44.4 Å². The van der Waals surface area contributed by atoms with Crippen LogP contribution in [0.25, 0.3) is 5.69 Å². The highest BCUT2D eigenvalue weighted by atomic mass is 16.2. The van der Waals surface area contributed by atoms with E-state index in [-0.39, 0.29) is 18.9 Å². The van der Waals surface area contributed by atoms with Gasteiger partial charge in [0.15, 0.2) is 0 Å². The van der Waals surface area contributed by atoms with E-state index in [4.69, 9.17) is 5.73 Å². The first-order valence-electron chi connectivity index (χ1n) is 11.6. The third kappa shape index (κ3) is 4.63. The molecule has 0 saturated carbocycles. The summed E-state index contributed by atoms with van der Waals surface area (Å²) in [5.74, 6) is -0.675. The molecule has 0 aliphatic carbocycles. The number of hydrogen-bond acceptors (Lipinski definition) is 6. The molecule has 184 valence electrons. The van der Waals surface area contributed by atoms with Crippen molar-refractivity contribution in [3.05, 3.63) is 77.0 Å². The third-order valence-electron chi connectivity index (χ3n) is 6.22. The van der Waals surface area contributed by atoms with Crippen LogP contribution in [0.2, 0.25) is 0 Å². The second-order valence-corrected chi connectivity index (χ2v) is 8.83. The van der Waals surface area contributed by atoms with Crippen LogP contribution < -0.4 is 16.4 Å². The number of amides is 4. The van der Waals surface area contributed by atoms with Gasteiger partial charge in [-0.2, -0.15) is 10.4 Å². The van der Waals surface area contributed by atoms with Gasteiger partial charge in [-0.15, -0.1) is 0 Å². The number of nitriles is 1. The van der Waals surface area contributed by atoms with Gasteiger partial charge in [0, 0.05) is 6.54 Å². The third-order valence-corrected chi connectivity index (χ3v) is 6.22. The van der Waals surface area contributed by atoms with E-state index in [0.29, 0.717) is 29.7 Å². The number of carbonyl (C=O) groups is 3. The normalized spacial score (nSPS) is 17.1. The fourth-order valence-corrected chi connectivity index (χ4v) is 4.15. The van der Waals surface area contributed by atoms with Crippen LogP contribution in [0.1, 0.15) is 35.7 Å². The van der Waals surface area contributed by atoms with Gasteiger partial charge in [0.1, 0.15) is 29.5 Å². The van der Waals surface area contributed by atoms with Crippen LogP contribution in [0, 0.1) is 18.3 Å². The number of aryl methyl sites for hydroxylation is 2. The minimum atomic E-state index is -1.23. The lowest BCUT2D eigenvalue weighted by atomic mass is 9.91. The number of nitrogens with zero attached hydrogens (tertiary/aromatic N) is 4. The van der Waals surface area contributed by atoms with Gasteiger partial charge in [-0.25, -0.2) is 9.48 Å². The summed E-state index contributed by atoms with van der Waals surface area (Å²) in [6.45, 7) is 3.46. The molecular formula is C26H27N7O3. The van der Waals surface area contributed by atoms with Gasteiger partial charge in [-0.1, -0.05) is 48.0 Å². The topological polar surface area (TPSA) is 146 Å². The van der Waals surface area contributed by atoms with Crippen LogP contribution in [0.3, 0.4) is 0 Å². The Morgan fingerprint density at radius 3 is 2.53 bits per heavy atom. The molecule has 1 saturated heterocycles. The van der Waals surface area contributed by atoms with Crippen molar-refractivity contribution < 1.29 is 14.4 Å². The Bertz CT molecular complexity index is 1340. The van der Waals surface area contributed by atoms with Crippen molar-refractivity contribution >= 4 is 23.7 Å². The summed E-state index contributed by atoms with van der Waals surface area (Å²) in [4.78, 5) is 38.9. The average Bonchev–Trinajstić information content (AvgIpc) is 3.30. The molecule has 1 atom stereocenters. The summed E-state index contributed by atoms with van der Waals surface area (Å²) in [6.07, 6.45) is 0.911. The number of nitrogens with one attached hydrogen (secondary N) is 2. The van der Waals surface area contributed by atoms with Gasteiger partial charge in [0.25, 0.3) is 5.91 Å². The number of para-hydroxylation sites is 1. The fourth-order valence-electron chi connectivity index (χ4n) is 4.15. The van der Waals surface area contributed by atoms with Gasteiger partial charge in [0.2, 0.25) is 5.91 Å². The molecule has 10 heteroatoms. The smallest absolute Gasteiger partial charge is 0.325 e. The number of hydrogen-bond donors (Lipinski definition) is 3. The van der Waals surface area contributed by atoms with Crippen LogP contribution in [-0.4, -0.2) is 45.6 Å². The molecule has 10 nitrogen and oxygen atoms in total. The molecule has 1 fully saturated rings. The number of carbonyl (C=O) groups excluding carboxylic acids is 3. The largest absolute Gasteiger partial charge is 0.382 e. The maximum Gasteiger partial charge on any atom is 0.325 e. The number of anilines is 1. The van der Waals surface area contributed by atoms with Crippen LogP contribution in [0.15, 0.2) is 54.6 Å². The Labute approximate surface area is 208 Å². The zero-order valence-electron chi connectivity index (χ0n) is 20.1. The molecule has 1 aliphatic rings. The van der Waals surface area contributed by atoms with E-state index in [1.54, 1.807) is 19.1 Å². The van der Waals surface area contributed by atoms with Gasteiger partial charge in [-0.3, -0.25) is 14.5 Å². The van der Waals surface area contributed by atoms with Gasteiger partial charge >= 0.3 is 6.03 Å². The molecule has 0 radical (unpaired) electrons. The second-order valence-electron chi connectivity index (χ2n) is 8.83. The van der Waals surface area contributed by atoms with Crippen LogP contribution in [0.5, 0.6) is 0 Å². The zero-order valence-corrected chi connectivity index (χ0v) is 20.1. The number of benzene rings is 2. The highest BCUT2D eigenvalue weighted by molar-refractivity contribution is 6.09. The standard InChI is InChI=1S/C26H27N7O3/c1-17-10-12-18(13-11-17)26(2)24(35)32(25(36)30-26)16-22(34)29-14-6-9-21-20(15-27)23(28)33(31-21)19-7-4-3-5-8-19/h3-5,7-8,10-13H,6,9,14,16,28H2,1-2H3,(H,29,34)(H,30,36). The molecule has 1 aromatic heterocycles. The monoisotopic (exact) mass is 485 g/mol. The SMILES string of the molecule is Cc1ccc(C2(C)NC(=O)N(CC(=O)NCCCc3nn(-c4ccccc4)c(N)c3C#N)C2=O)cc1. The lowest BCUT2D eigenvalue weighted by Gasteiger charge is -2.22. The number of nitrogen functional groups attached to an aromatic ring is 1. The van der Waals surface area contributed by atoms with E-state index < -0.39 is 23.4 Å². The summed E-state index contributed by atoms with van der Waals surface area (Å²) in [5, 5.41) is 19.4. The van der Waals surface area contributed by atoms with Crippen LogP contribution in [-0.2, 0) is 21.5 Å². The molecule has 1 unspecified atom stereocenters. The number of urea groups is 1. The van der Waals surface area contributed by atoms with Crippen molar-refractivity contribution in [2.75, 3.05) is 18.8 Å². The number of imide groups is 1. The lowest BCUT2D eigenvalue weighted by molar-refractivity contribution is -0.134. The van der Waals surface area contributed by atoms with Crippen molar-refractivity contribution in [1.29, 1.82) is 5.26 Å². The molecule has 4 N–H and O–H groups in total. The average molecular weight is 486 g/mol. The molecule has 0 bridgehead atoms. The first kappa shape index (κ1) is 24.5. The summed E-state index contributed by atoms with van der Waals surface area (Å²) in [7, 11) is 0. The summed E-state index contributed by atoms with van der Waals surface area (Å²) in [6, 6.07) is 18.1. The maximum atomic E-state index is 13.0. The summed E-state index contributed by atoms with van der Waals surface area (Å²) >= 11 is 0. The van der Waals surface area contributed by atoms with Crippen molar-refractivity contribution in [3.63, 3.8) is 0 Å². The van der Waals surface area contributed by atoms with E-state index in [0.717, 1.165) is 16.2 Å². The Kier molecular flexibility index (Phi) is 6.74. The predicted octanol–water partition coefficient (Wildman–Crippen LogP) is 2.15. The quantitative estimate of drug-likeness (QED) is 0.329. The van der Waals surface area contributed by atoms with Crippen molar-refractivity contribution in [2.24, 2.45) is 0 Å². The molecule has 1 aliphatic heterocycles. The maximum absolute atomic E-state index is 13.0. The minimum absolute atomic E-state index is 0.262. The fraction of sp³-hybridized carbons (Fsp3) is 0.269. The first-order chi connectivity index (χ1) is 17.2. The molecule has 4 rings (SSSR count). The number of nitrogens with two attached hydrogens (primary N) is 1. The minimum Gasteiger partial charge on any atom is -0.382 e. The molecule has 2 aromatic carbocycles. The number of rotatable bonds is 8. The van der Waals surface area contributed by atoms with Crippen molar-refractivity contribution in [2.45, 2.75) is 32.2 Å². The van der Waals surface area contributed by atoms with E-state index >= 15 is 0 Å². The van der Waals surface area contributed by atoms with E-state index in [1.165, 1.54) is 4.68 Å². The van der Waals surface area contributed by atoms with Gasteiger partial charge < -0.3 is 16.4 Å². The molecule has 36 heavy (non-hydrogen) atoms. The van der Waals surface area contributed by atoms with E-state index in [1.807, 2.05) is 49.4 Å². The highest BCUT2D eigenvalue weighted by Gasteiger charge is 2.49. The zero-order chi connectivity index (χ0) is 25.9. The summed E-state index contributed by atoms with van der Waals surface area (Å²) < 4.78 is 1.52. The first-order valence-corrected chi connectivity index (χ1v) is 11.6. The highest BCUT2D eigenvalue weighted by Crippen LogP contribution is 2.29. The van der Waals surface area contributed by atoms with E-state index in [2.05, 4.69) is 21.8 Å². The lowest BCUT2D eigenvalue weighted by Crippen LogP contribution is -2.43. The van der Waals surface area contributed by atoms with Gasteiger partial charge in [0.05, 0.1) is 11.4 Å². The molecule has 4 amide bonds. The Morgan fingerprint density at radius 2 is 1.86 bits per heavy atom. The summed E-state index contributed by atoms with van der Waals surface area (Å²) in [5.41, 5.74) is 8.17. The van der Waals surface area contributed by atoms with E-state index in [9.17, 15) is 19.6 Å².